The molecule has 0 aliphatic carbocycles. The van der Waals surface area contributed by atoms with Gasteiger partial charge in [0.25, 0.3) is 5.91 Å². The number of rotatable bonds is 7. The van der Waals surface area contributed by atoms with Gasteiger partial charge in [-0.3, -0.25) is 18.9 Å². The molecular formula is C24H16Cl3F2N3O4S. The molecule has 0 amide bonds. The predicted molar refractivity (Wildman–Crippen MR) is 138 cm³/mol. The van der Waals surface area contributed by atoms with Crippen LogP contribution in [0.25, 0.3) is 11.0 Å². The fraction of sp³-hybridized carbons (Fsp3) is 0.125. The minimum atomic E-state index is -3.94. The molecule has 0 atom stereocenters. The summed E-state index contributed by atoms with van der Waals surface area (Å²) in [6.45, 7) is 1.61. The lowest BCUT2D eigenvalue weighted by molar-refractivity contribution is 0.0964. The highest BCUT2D eigenvalue weighted by Gasteiger charge is 2.29. The molecule has 0 aliphatic heterocycles. The molecule has 7 nitrogen and oxygen atoms in total. The SMILES string of the molecule is CCCS(=O)(=O)Nc1ccc(F)c(C(=O)c2cn(C(=O)c3c(Cl)cccc3Cl)c3ncc(Cl)cc23)c1F. The number of ketones is 1. The summed E-state index contributed by atoms with van der Waals surface area (Å²) < 4.78 is 57.3. The number of anilines is 1. The lowest BCUT2D eigenvalue weighted by Gasteiger charge is -2.11. The molecule has 0 fully saturated rings. The van der Waals surface area contributed by atoms with Crippen molar-refractivity contribution in [2.24, 2.45) is 0 Å². The van der Waals surface area contributed by atoms with Crippen LogP contribution in [0, 0.1) is 11.6 Å². The number of carbonyl (C=O) groups is 2. The second-order valence-electron chi connectivity index (χ2n) is 7.87. The molecule has 4 aromatic rings. The van der Waals surface area contributed by atoms with Crippen LogP contribution in [0.5, 0.6) is 0 Å². The maximum Gasteiger partial charge on any atom is 0.266 e. The van der Waals surface area contributed by atoms with Gasteiger partial charge < -0.3 is 0 Å². The molecule has 0 unspecified atom stereocenters. The fourth-order valence-electron chi connectivity index (χ4n) is 3.70. The Balaban J connectivity index is 1.89. The number of carbonyl (C=O) groups excluding carboxylic acids is 2. The van der Waals surface area contributed by atoms with Crippen molar-refractivity contribution < 1.29 is 26.8 Å². The van der Waals surface area contributed by atoms with Crippen LogP contribution in [-0.2, 0) is 10.0 Å². The lowest BCUT2D eigenvalue weighted by atomic mass is 10.0. The number of nitrogens with one attached hydrogen (secondary N) is 1. The van der Waals surface area contributed by atoms with Crippen LogP contribution in [-0.4, -0.2) is 35.4 Å². The summed E-state index contributed by atoms with van der Waals surface area (Å²) >= 11 is 18.4. The fourth-order valence-corrected chi connectivity index (χ4v) is 5.55. The molecule has 2 heterocycles. The maximum absolute atomic E-state index is 15.3. The van der Waals surface area contributed by atoms with Gasteiger partial charge in [-0.25, -0.2) is 22.2 Å². The predicted octanol–water partition coefficient (Wildman–Crippen LogP) is 6.35. The Labute approximate surface area is 225 Å². The molecule has 1 N–H and O–H groups in total. The van der Waals surface area contributed by atoms with E-state index in [0.717, 1.165) is 22.9 Å². The van der Waals surface area contributed by atoms with Gasteiger partial charge in [0.1, 0.15) is 11.5 Å². The molecule has 2 aromatic heterocycles. The third-order valence-corrected chi connectivity index (χ3v) is 7.62. The summed E-state index contributed by atoms with van der Waals surface area (Å²) in [4.78, 5) is 30.9. The lowest BCUT2D eigenvalue weighted by Crippen LogP contribution is -2.18. The Kier molecular flexibility index (Phi) is 7.57. The summed E-state index contributed by atoms with van der Waals surface area (Å²) in [6.07, 6.45) is 2.52. The standard InChI is InChI=1S/C24H16Cl3F2N3O4S/c1-2-8-37(35,36)31-18-7-6-17(28)20(21(18)29)22(33)14-11-32(23-13(14)9-12(25)10-30-23)24(34)19-15(26)4-3-5-16(19)27/h3-7,9-11,31H,2,8H2,1H3. The molecule has 0 saturated heterocycles. The normalized spacial score (nSPS) is 11.6. The van der Waals surface area contributed by atoms with E-state index in [4.69, 9.17) is 34.8 Å². The summed E-state index contributed by atoms with van der Waals surface area (Å²) in [6, 6.07) is 7.36. The monoisotopic (exact) mass is 585 g/mol. The molecule has 0 bridgehead atoms. The Morgan fingerprint density at radius 2 is 1.73 bits per heavy atom. The van der Waals surface area contributed by atoms with Crippen LogP contribution >= 0.6 is 34.8 Å². The minimum absolute atomic E-state index is 0.0183. The Hall–Kier alpha value is -3.05. The molecule has 0 aliphatic rings. The maximum atomic E-state index is 15.3. The van der Waals surface area contributed by atoms with E-state index in [2.05, 4.69) is 4.98 Å². The van der Waals surface area contributed by atoms with E-state index >= 15 is 4.39 Å². The van der Waals surface area contributed by atoms with E-state index in [1.54, 1.807) is 6.92 Å². The van der Waals surface area contributed by atoms with Crippen LogP contribution in [0.2, 0.25) is 15.1 Å². The van der Waals surface area contributed by atoms with Gasteiger partial charge in [0.15, 0.2) is 5.82 Å². The molecule has 0 radical (unpaired) electrons. The number of hydrogen-bond donors (Lipinski definition) is 1. The van der Waals surface area contributed by atoms with Gasteiger partial charge in [0.2, 0.25) is 15.8 Å². The number of fused-ring (bicyclic) bond motifs is 1. The Bertz CT molecular complexity index is 1670. The van der Waals surface area contributed by atoms with E-state index in [1.165, 1.54) is 30.5 Å². The van der Waals surface area contributed by atoms with Crippen LogP contribution in [0.15, 0.2) is 48.8 Å². The third kappa shape index (κ3) is 5.19. The quantitative estimate of drug-likeness (QED) is 0.255. The Morgan fingerprint density at radius 1 is 1.05 bits per heavy atom. The van der Waals surface area contributed by atoms with Crippen LogP contribution in [0.3, 0.4) is 0 Å². The van der Waals surface area contributed by atoms with Crippen molar-refractivity contribution in [3.63, 3.8) is 0 Å². The summed E-state index contributed by atoms with van der Waals surface area (Å²) in [5, 5.41) is 0.171. The van der Waals surface area contributed by atoms with Crippen molar-refractivity contribution in [1.29, 1.82) is 0 Å². The number of hydrogen-bond acceptors (Lipinski definition) is 5. The van der Waals surface area contributed by atoms with E-state index < -0.39 is 44.6 Å². The molecule has 192 valence electrons. The number of nitrogens with zero attached hydrogens (tertiary/aromatic N) is 2. The van der Waals surface area contributed by atoms with E-state index in [1.807, 2.05) is 4.72 Å². The number of aromatic nitrogens is 2. The van der Waals surface area contributed by atoms with E-state index in [0.29, 0.717) is 0 Å². The first kappa shape index (κ1) is 27.0. The van der Waals surface area contributed by atoms with E-state index in [9.17, 15) is 22.4 Å². The van der Waals surface area contributed by atoms with Gasteiger partial charge in [-0.1, -0.05) is 47.8 Å². The largest absolute Gasteiger partial charge is 0.288 e. The average Bonchev–Trinajstić information content (AvgIpc) is 3.19. The molecule has 0 spiro atoms. The van der Waals surface area contributed by atoms with Crippen LogP contribution in [0.1, 0.15) is 39.6 Å². The van der Waals surface area contributed by atoms with Crippen LogP contribution in [0.4, 0.5) is 14.5 Å². The zero-order chi connectivity index (χ0) is 27.1. The first-order valence-corrected chi connectivity index (χ1v) is 13.4. The smallest absolute Gasteiger partial charge is 0.266 e. The number of sulfonamides is 1. The highest BCUT2D eigenvalue weighted by Crippen LogP contribution is 2.32. The summed E-state index contributed by atoms with van der Waals surface area (Å²) in [5.74, 6) is -4.88. The first-order valence-electron chi connectivity index (χ1n) is 10.6. The van der Waals surface area contributed by atoms with Crippen molar-refractivity contribution in [3.05, 3.63) is 92.2 Å². The Morgan fingerprint density at radius 3 is 2.38 bits per heavy atom. The number of benzene rings is 2. The van der Waals surface area contributed by atoms with Gasteiger partial charge in [0.05, 0.1) is 43.2 Å². The molecule has 13 heteroatoms. The van der Waals surface area contributed by atoms with E-state index in [-0.39, 0.29) is 49.4 Å². The second kappa shape index (κ2) is 10.4. The zero-order valence-electron chi connectivity index (χ0n) is 18.9. The van der Waals surface area contributed by atoms with Crippen molar-refractivity contribution in [2.75, 3.05) is 10.5 Å². The van der Waals surface area contributed by atoms with Gasteiger partial charge in [-0.15, -0.1) is 0 Å². The molecular weight excluding hydrogens is 571 g/mol. The van der Waals surface area contributed by atoms with Gasteiger partial charge in [0, 0.05) is 17.8 Å². The molecule has 0 saturated carbocycles. The number of halogens is 5. The molecule has 4 rings (SSSR count). The first-order chi connectivity index (χ1) is 17.4. The van der Waals surface area contributed by atoms with Crippen molar-refractivity contribution in [1.82, 2.24) is 9.55 Å². The highest BCUT2D eigenvalue weighted by atomic mass is 35.5. The van der Waals surface area contributed by atoms with Gasteiger partial charge >= 0.3 is 0 Å². The van der Waals surface area contributed by atoms with Crippen molar-refractivity contribution >= 4 is 73.2 Å². The average molecular weight is 587 g/mol. The topological polar surface area (TPSA) is 98.1 Å². The molecule has 37 heavy (non-hydrogen) atoms. The summed E-state index contributed by atoms with van der Waals surface area (Å²) in [5.41, 5.74) is -2.07. The van der Waals surface area contributed by atoms with Gasteiger partial charge in [-0.05, 0) is 36.8 Å². The molecule has 2 aromatic carbocycles. The van der Waals surface area contributed by atoms with Crippen molar-refractivity contribution in [2.45, 2.75) is 13.3 Å². The minimum Gasteiger partial charge on any atom is -0.288 e. The second-order valence-corrected chi connectivity index (χ2v) is 11.0. The summed E-state index contributed by atoms with van der Waals surface area (Å²) in [7, 11) is -3.94. The highest BCUT2D eigenvalue weighted by molar-refractivity contribution is 7.92. The third-order valence-electron chi connectivity index (χ3n) is 5.31. The van der Waals surface area contributed by atoms with Gasteiger partial charge in [-0.2, -0.15) is 0 Å². The zero-order valence-corrected chi connectivity index (χ0v) is 21.9. The van der Waals surface area contributed by atoms with Crippen molar-refractivity contribution in [3.8, 4) is 0 Å². The number of pyridine rings is 1. The van der Waals surface area contributed by atoms with Crippen LogP contribution < -0.4 is 4.72 Å².